The molecule has 0 N–H and O–H groups in total. The molecule has 4 nitrogen and oxygen atoms in total. The fourth-order valence-corrected chi connectivity index (χ4v) is 8.05. The fourth-order valence-electron chi connectivity index (χ4n) is 8.05. The smallest absolute Gasteiger partial charge is 0.160 e. The number of rotatable bonds is 4. The van der Waals surface area contributed by atoms with Crippen LogP contribution in [0.1, 0.15) is 27.8 Å². The van der Waals surface area contributed by atoms with E-state index >= 15 is 0 Å². The van der Waals surface area contributed by atoms with E-state index < -0.39 is 5.41 Å². The quantitative estimate of drug-likeness (QED) is 0.188. The molecule has 0 atom stereocenters. The molecular weight excluding hydrogens is 635 g/mol. The number of nitriles is 1. The number of hydrogen-bond donors (Lipinski definition) is 0. The highest BCUT2D eigenvalue weighted by Gasteiger charge is 2.51. The van der Waals surface area contributed by atoms with Gasteiger partial charge in [-0.2, -0.15) is 5.26 Å². The molecule has 0 saturated heterocycles. The van der Waals surface area contributed by atoms with E-state index in [1.807, 2.05) is 78.9 Å². The largest absolute Gasteiger partial charge is 0.457 e. The predicted molar refractivity (Wildman–Crippen MR) is 206 cm³/mol. The van der Waals surface area contributed by atoms with Gasteiger partial charge >= 0.3 is 0 Å². The van der Waals surface area contributed by atoms with Crippen molar-refractivity contribution in [2.45, 2.75) is 5.41 Å². The summed E-state index contributed by atoms with van der Waals surface area (Å²) in [6.07, 6.45) is 0. The molecule has 1 spiro atoms. The van der Waals surface area contributed by atoms with Crippen LogP contribution in [0.4, 0.5) is 0 Å². The Bertz CT molecular complexity index is 2610. The normalized spacial score (nSPS) is 12.9. The highest BCUT2D eigenvalue weighted by molar-refractivity contribution is 5.91. The first-order chi connectivity index (χ1) is 25.7. The molecule has 1 aromatic heterocycles. The van der Waals surface area contributed by atoms with E-state index in [0.29, 0.717) is 11.4 Å². The summed E-state index contributed by atoms with van der Waals surface area (Å²) in [5, 5.41) is 10.0. The van der Waals surface area contributed by atoms with Crippen molar-refractivity contribution >= 4 is 0 Å². The molecule has 1 aliphatic carbocycles. The van der Waals surface area contributed by atoms with Gasteiger partial charge in [0.25, 0.3) is 0 Å². The zero-order chi connectivity index (χ0) is 34.6. The van der Waals surface area contributed by atoms with Crippen LogP contribution in [0.15, 0.2) is 176 Å². The monoisotopic (exact) mass is 663 g/mol. The van der Waals surface area contributed by atoms with E-state index in [1.54, 1.807) is 0 Å². The fraction of sp³-hybridized carbons (Fsp3) is 0.0208. The van der Waals surface area contributed by atoms with Crippen molar-refractivity contribution in [2.24, 2.45) is 0 Å². The van der Waals surface area contributed by atoms with Gasteiger partial charge in [-0.05, 0) is 69.8 Å². The molecule has 0 bridgehead atoms. The highest BCUT2D eigenvalue weighted by Crippen LogP contribution is 2.62. The van der Waals surface area contributed by atoms with Crippen molar-refractivity contribution in [2.75, 3.05) is 0 Å². The van der Waals surface area contributed by atoms with Gasteiger partial charge in [0.1, 0.15) is 11.5 Å². The summed E-state index contributed by atoms with van der Waals surface area (Å²) < 4.78 is 6.52. The molecule has 10 rings (SSSR count). The molecule has 0 radical (unpaired) electrons. The second kappa shape index (κ2) is 11.8. The molecule has 8 aromatic rings. The average molecular weight is 664 g/mol. The van der Waals surface area contributed by atoms with E-state index in [-0.39, 0.29) is 0 Å². The molecule has 242 valence electrons. The number of ether oxygens (including phenoxy) is 1. The Morgan fingerprint density at radius 3 is 1.56 bits per heavy atom. The Labute approximate surface area is 301 Å². The number of benzene rings is 7. The van der Waals surface area contributed by atoms with Crippen LogP contribution >= 0.6 is 0 Å². The first kappa shape index (κ1) is 29.8. The first-order valence-corrected chi connectivity index (χ1v) is 17.4. The third-order valence-electron chi connectivity index (χ3n) is 10.4. The number of aromatic nitrogens is 2. The summed E-state index contributed by atoms with van der Waals surface area (Å²) in [5.74, 6) is 2.35. The Balaban J connectivity index is 1.12. The Kier molecular flexibility index (Phi) is 6.74. The van der Waals surface area contributed by atoms with Crippen LogP contribution < -0.4 is 4.74 Å². The SMILES string of the molecule is N#Cc1ccc2c(c1)C1(c3ccccc3Oc3ccccc31)c1cc(-c3ccc(-c4cc(-c5ccccc5)nc(-c5ccccc5)n4)cc3)ccc1-2. The predicted octanol–water partition coefficient (Wildman–Crippen LogP) is 11.5. The summed E-state index contributed by atoms with van der Waals surface area (Å²) in [4.78, 5) is 10.0. The molecule has 0 unspecified atom stereocenters. The summed E-state index contributed by atoms with van der Waals surface area (Å²) in [6, 6.07) is 63.0. The van der Waals surface area contributed by atoms with Gasteiger partial charge in [-0.1, -0.05) is 140 Å². The molecule has 1 aliphatic heterocycles. The number of hydrogen-bond acceptors (Lipinski definition) is 4. The lowest BCUT2D eigenvalue weighted by Gasteiger charge is -2.39. The van der Waals surface area contributed by atoms with Gasteiger partial charge in [-0.25, -0.2) is 9.97 Å². The van der Waals surface area contributed by atoms with Gasteiger partial charge in [0, 0.05) is 27.8 Å². The van der Waals surface area contributed by atoms with Crippen LogP contribution in [0, 0.1) is 11.3 Å². The molecule has 7 aromatic carbocycles. The minimum Gasteiger partial charge on any atom is -0.457 e. The Morgan fingerprint density at radius 1 is 0.423 bits per heavy atom. The lowest BCUT2D eigenvalue weighted by Crippen LogP contribution is -2.32. The van der Waals surface area contributed by atoms with Crippen LogP contribution in [-0.4, -0.2) is 9.97 Å². The Morgan fingerprint density at radius 2 is 0.923 bits per heavy atom. The topological polar surface area (TPSA) is 58.8 Å². The van der Waals surface area contributed by atoms with Gasteiger partial charge in [0.05, 0.1) is 28.4 Å². The van der Waals surface area contributed by atoms with Crippen LogP contribution in [-0.2, 0) is 5.41 Å². The third-order valence-corrected chi connectivity index (χ3v) is 10.4. The second-order valence-corrected chi connectivity index (χ2v) is 13.2. The van der Waals surface area contributed by atoms with E-state index in [9.17, 15) is 5.26 Å². The molecule has 52 heavy (non-hydrogen) atoms. The molecule has 0 saturated carbocycles. The Hall–Kier alpha value is -7.09. The minimum absolute atomic E-state index is 0.638. The zero-order valence-corrected chi connectivity index (χ0v) is 28.0. The van der Waals surface area contributed by atoms with Gasteiger partial charge in [-0.15, -0.1) is 0 Å². The summed E-state index contributed by atoms with van der Waals surface area (Å²) >= 11 is 0. The van der Waals surface area contributed by atoms with Gasteiger partial charge in [0.2, 0.25) is 0 Å². The van der Waals surface area contributed by atoms with E-state index in [0.717, 1.165) is 78.5 Å². The lowest BCUT2D eigenvalue weighted by atomic mass is 9.65. The van der Waals surface area contributed by atoms with Crippen LogP contribution in [0.5, 0.6) is 11.5 Å². The zero-order valence-electron chi connectivity index (χ0n) is 28.0. The van der Waals surface area contributed by atoms with Crippen molar-refractivity contribution in [1.82, 2.24) is 9.97 Å². The maximum Gasteiger partial charge on any atom is 0.160 e. The van der Waals surface area contributed by atoms with E-state index in [4.69, 9.17) is 14.7 Å². The van der Waals surface area contributed by atoms with Crippen LogP contribution in [0.3, 0.4) is 0 Å². The molecule has 2 aliphatic rings. The van der Waals surface area contributed by atoms with Crippen molar-refractivity contribution < 1.29 is 4.74 Å². The highest BCUT2D eigenvalue weighted by atomic mass is 16.5. The third kappa shape index (κ3) is 4.54. The molecule has 4 heteroatoms. The van der Waals surface area contributed by atoms with E-state index in [1.165, 1.54) is 5.56 Å². The number of para-hydroxylation sites is 2. The number of fused-ring (bicyclic) bond motifs is 9. The van der Waals surface area contributed by atoms with Crippen LogP contribution in [0.25, 0.3) is 56.2 Å². The maximum atomic E-state index is 10.0. The summed E-state index contributed by atoms with van der Waals surface area (Å²) in [7, 11) is 0. The molecule has 2 heterocycles. The van der Waals surface area contributed by atoms with Crippen molar-refractivity contribution in [3.63, 3.8) is 0 Å². The minimum atomic E-state index is -0.651. The summed E-state index contributed by atoms with van der Waals surface area (Å²) in [5.41, 5.74) is 13.7. The first-order valence-electron chi connectivity index (χ1n) is 17.4. The molecular formula is C48H29N3O. The van der Waals surface area contributed by atoms with Gasteiger partial charge in [0.15, 0.2) is 5.82 Å². The second-order valence-electron chi connectivity index (χ2n) is 13.2. The average Bonchev–Trinajstić information content (AvgIpc) is 3.50. The van der Waals surface area contributed by atoms with Crippen molar-refractivity contribution in [3.05, 3.63) is 204 Å². The lowest BCUT2D eigenvalue weighted by molar-refractivity contribution is 0.436. The van der Waals surface area contributed by atoms with Crippen molar-refractivity contribution in [3.8, 4) is 73.7 Å². The molecule has 0 amide bonds. The van der Waals surface area contributed by atoms with Crippen LogP contribution in [0.2, 0.25) is 0 Å². The maximum absolute atomic E-state index is 10.0. The number of nitrogens with zero attached hydrogens (tertiary/aromatic N) is 3. The van der Waals surface area contributed by atoms with Crippen molar-refractivity contribution in [1.29, 1.82) is 5.26 Å². The molecule has 0 fully saturated rings. The van der Waals surface area contributed by atoms with Gasteiger partial charge in [-0.3, -0.25) is 0 Å². The standard InChI is InChI=1S/C48H29N3O/c49-30-31-19-25-37-38-26-24-36(28-42(38)48(41(37)27-31)39-15-7-9-17-45(39)52-46-18-10-8-16-40(46)48)32-20-22-34(23-21-32)44-29-43(33-11-3-1-4-12-33)50-47(51-44)35-13-5-2-6-14-35/h1-29H. The van der Waals surface area contributed by atoms with Gasteiger partial charge < -0.3 is 4.74 Å². The summed E-state index contributed by atoms with van der Waals surface area (Å²) in [6.45, 7) is 0. The van der Waals surface area contributed by atoms with E-state index in [2.05, 4.69) is 103 Å².